The predicted molar refractivity (Wildman–Crippen MR) is 65.6 cm³/mol. The van der Waals surface area contributed by atoms with Gasteiger partial charge < -0.3 is 19.3 Å². The van der Waals surface area contributed by atoms with Gasteiger partial charge in [0, 0.05) is 11.6 Å². The van der Waals surface area contributed by atoms with Gasteiger partial charge in [-0.05, 0) is 12.1 Å². The van der Waals surface area contributed by atoms with E-state index in [1.165, 1.54) is 26.4 Å². The van der Waals surface area contributed by atoms with Crippen LogP contribution in [0.25, 0.3) is 6.08 Å². The van der Waals surface area contributed by atoms with Crippen molar-refractivity contribution in [2.24, 2.45) is 0 Å². The molecule has 1 aromatic rings. The second-order valence-corrected chi connectivity index (χ2v) is 4.19. The maximum Gasteiger partial charge on any atom is 0.430 e. The fourth-order valence-corrected chi connectivity index (χ4v) is 1.94. The zero-order chi connectivity index (χ0) is 15.8. The first-order valence-corrected chi connectivity index (χ1v) is 5.72. The summed E-state index contributed by atoms with van der Waals surface area (Å²) in [6.45, 7) is 0. The SMILES string of the molecule is COc1cc2c(c(OC)c1)OC(C(F)(F)F)C(C(=O)O)=C2. The average Bonchev–Trinajstić information content (AvgIpc) is 2.43. The van der Waals surface area contributed by atoms with Gasteiger partial charge in [-0.2, -0.15) is 13.2 Å². The number of rotatable bonds is 3. The van der Waals surface area contributed by atoms with Crippen LogP contribution in [-0.4, -0.2) is 37.6 Å². The summed E-state index contributed by atoms with van der Waals surface area (Å²) in [6, 6.07) is 2.72. The van der Waals surface area contributed by atoms with Crippen molar-refractivity contribution in [2.75, 3.05) is 14.2 Å². The summed E-state index contributed by atoms with van der Waals surface area (Å²) in [5.74, 6) is -1.55. The van der Waals surface area contributed by atoms with Crippen LogP contribution in [0.4, 0.5) is 13.2 Å². The first-order valence-electron chi connectivity index (χ1n) is 5.72. The van der Waals surface area contributed by atoms with Gasteiger partial charge in [0.1, 0.15) is 5.75 Å². The number of hydrogen-bond acceptors (Lipinski definition) is 4. The molecule has 0 spiro atoms. The van der Waals surface area contributed by atoms with Crippen molar-refractivity contribution in [3.8, 4) is 17.2 Å². The number of fused-ring (bicyclic) bond motifs is 1. The zero-order valence-electron chi connectivity index (χ0n) is 11.0. The second kappa shape index (κ2) is 5.19. The highest BCUT2D eigenvalue weighted by atomic mass is 19.4. The van der Waals surface area contributed by atoms with E-state index in [1.54, 1.807) is 0 Å². The fraction of sp³-hybridized carbons (Fsp3) is 0.308. The topological polar surface area (TPSA) is 65.0 Å². The van der Waals surface area contributed by atoms with Crippen LogP contribution >= 0.6 is 0 Å². The van der Waals surface area contributed by atoms with Crippen molar-refractivity contribution >= 4 is 12.0 Å². The molecule has 21 heavy (non-hydrogen) atoms. The van der Waals surface area contributed by atoms with Gasteiger partial charge in [-0.25, -0.2) is 4.79 Å². The summed E-state index contributed by atoms with van der Waals surface area (Å²) in [6.07, 6.45) is -6.50. The Balaban J connectivity index is 2.62. The van der Waals surface area contributed by atoms with E-state index < -0.39 is 23.8 Å². The van der Waals surface area contributed by atoms with Gasteiger partial charge in [0.25, 0.3) is 0 Å². The molecule has 1 unspecified atom stereocenters. The summed E-state index contributed by atoms with van der Waals surface area (Å²) >= 11 is 0. The van der Waals surface area contributed by atoms with E-state index in [4.69, 9.17) is 19.3 Å². The van der Waals surface area contributed by atoms with Crippen molar-refractivity contribution in [2.45, 2.75) is 12.3 Å². The van der Waals surface area contributed by atoms with Crippen LogP contribution in [0.2, 0.25) is 0 Å². The molecule has 0 bridgehead atoms. The molecule has 0 aromatic heterocycles. The largest absolute Gasteiger partial charge is 0.497 e. The molecule has 1 aromatic carbocycles. The molecule has 5 nitrogen and oxygen atoms in total. The number of ether oxygens (including phenoxy) is 3. The maximum atomic E-state index is 12.9. The molecule has 114 valence electrons. The highest BCUT2D eigenvalue weighted by molar-refractivity contribution is 5.95. The third-order valence-corrected chi connectivity index (χ3v) is 2.89. The van der Waals surface area contributed by atoms with Gasteiger partial charge in [0.15, 0.2) is 11.5 Å². The molecule has 0 radical (unpaired) electrons. The first-order chi connectivity index (χ1) is 9.77. The molecule has 1 N–H and O–H groups in total. The van der Waals surface area contributed by atoms with Crippen molar-refractivity contribution in [3.63, 3.8) is 0 Å². The number of hydrogen-bond donors (Lipinski definition) is 1. The first kappa shape index (κ1) is 15.0. The summed E-state index contributed by atoms with van der Waals surface area (Å²) in [7, 11) is 2.63. The number of halogens is 3. The average molecular weight is 304 g/mol. The predicted octanol–water partition coefficient (Wildman–Crippen LogP) is 2.50. The quantitative estimate of drug-likeness (QED) is 0.929. The van der Waals surface area contributed by atoms with E-state index in [2.05, 4.69) is 0 Å². The molecule has 2 rings (SSSR count). The molecule has 0 aliphatic carbocycles. The van der Waals surface area contributed by atoms with E-state index >= 15 is 0 Å². The van der Waals surface area contributed by atoms with E-state index in [1.807, 2.05) is 0 Å². The number of carboxylic acid groups (broad SMARTS) is 1. The number of aliphatic carboxylic acids is 1. The number of alkyl halides is 3. The van der Waals surface area contributed by atoms with E-state index in [0.717, 1.165) is 6.08 Å². The Hall–Kier alpha value is -2.38. The lowest BCUT2D eigenvalue weighted by atomic mass is 10.0. The van der Waals surface area contributed by atoms with Crippen molar-refractivity contribution in [3.05, 3.63) is 23.3 Å². The Morgan fingerprint density at radius 2 is 1.95 bits per heavy atom. The molecule has 0 saturated heterocycles. The standard InChI is InChI=1S/C13H11F3O5/c1-19-7-3-6-4-8(12(17)18)11(13(14,15)16)21-10(6)9(5-7)20-2/h3-5,11H,1-2H3,(H,17,18). The fourth-order valence-electron chi connectivity index (χ4n) is 1.94. The lowest BCUT2D eigenvalue weighted by Crippen LogP contribution is -2.40. The molecule has 8 heteroatoms. The normalized spacial score (nSPS) is 17.4. The van der Waals surface area contributed by atoms with Gasteiger partial charge in [-0.1, -0.05) is 0 Å². The lowest BCUT2D eigenvalue weighted by Gasteiger charge is -2.28. The summed E-state index contributed by atoms with van der Waals surface area (Å²) in [5, 5.41) is 8.94. The summed E-state index contributed by atoms with van der Waals surface area (Å²) in [5.41, 5.74) is -0.755. The maximum absolute atomic E-state index is 12.9. The number of carboxylic acids is 1. The smallest absolute Gasteiger partial charge is 0.430 e. The van der Waals surface area contributed by atoms with Gasteiger partial charge in [-0.15, -0.1) is 0 Å². The van der Waals surface area contributed by atoms with Crippen LogP contribution in [0, 0.1) is 0 Å². The lowest BCUT2D eigenvalue weighted by molar-refractivity contribution is -0.187. The van der Waals surface area contributed by atoms with Gasteiger partial charge >= 0.3 is 12.1 Å². The molecule has 1 heterocycles. The molecule has 1 aliphatic heterocycles. The summed E-state index contributed by atoms with van der Waals surface area (Å²) < 4.78 is 53.6. The number of benzene rings is 1. The number of methoxy groups -OCH3 is 2. The Morgan fingerprint density at radius 3 is 2.43 bits per heavy atom. The minimum Gasteiger partial charge on any atom is -0.497 e. The molecule has 1 atom stereocenters. The van der Waals surface area contributed by atoms with E-state index in [0.29, 0.717) is 5.75 Å². The third kappa shape index (κ3) is 2.74. The Morgan fingerprint density at radius 1 is 1.29 bits per heavy atom. The summed E-state index contributed by atoms with van der Waals surface area (Å²) in [4.78, 5) is 11.0. The monoisotopic (exact) mass is 304 g/mol. The van der Waals surface area contributed by atoms with Crippen molar-refractivity contribution < 1.29 is 37.3 Å². The molecular formula is C13H11F3O5. The van der Waals surface area contributed by atoms with Crippen LogP contribution < -0.4 is 14.2 Å². The molecular weight excluding hydrogens is 293 g/mol. The molecule has 0 amide bonds. The van der Waals surface area contributed by atoms with Gasteiger partial charge in [0.2, 0.25) is 6.10 Å². The van der Waals surface area contributed by atoms with Gasteiger partial charge in [0.05, 0.1) is 19.8 Å². The van der Waals surface area contributed by atoms with E-state index in [9.17, 15) is 18.0 Å². The van der Waals surface area contributed by atoms with Crippen molar-refractivity contribution in [1.29, 1.82) is 0 Å². The van der Waals surface area contributed by atoms with Crippen LogP contribution in [0.15, 0.2) is 17.7 Å². The molecule has 1 aliphatic rings. The van der Waals surface area contributed by atoms with E-state index in [-0.39, 0.29) is 17.1 Å². The Bertz CT molecular complexity index is 607. The minimum absolute atomic E-state index is 0.0271. The van der Waals surface area contributed by atoms with Crippen LogP contribution in [-0.2, 0) is 4.79 Å². The Kier molecular flexibility index (Phi) is 3.71. The highest BCUT2D eigenvalue weighted by Crippen LogP contribution is 2.44. The van der Waals surface area contributed by atoms with Crippen LogP contribution in [0.5, 0.6) is 17.2 Å². The number of carbonyl (C=O) groups is 1. The highest BCUT2D eigenvalue weighted by Gasteiger charge is 2.49. The zero-order valence-corrected chi connectivity index (χ0v) is 11.0. The van der Waals surface area contributed by atoms with Crippen LogP contribution in [0.1, 0.15) is 5.56 Å². The third-order valence-electron chi connectivity index (χ3n) is 2.89. The van der Waals surface area contributed by atoms with Crippen LogP contribution in [0.3, 0.4) is 0 Å². The minimum atomic E-state index is -4.85. The molecule has 0 fully saturated rings. The second-order valence-electron chi connectivity index (χ2n) is 4.19. The Labute approximate surface area is 117 Å². The van der Waals surface area contributed by atoms with Crippen molar-refractivity contribution in [1.82, 2.24) is 0 Å². The van der Waals surface area contributed by atoms with Gasteiger partial charge in [-0.3, -0.25) is 0 Å². The molecule has 0 saturated carbocycles.